The summed E-state index contributed by atoms with van der Waals surface area (Å²) in [5.74, 6) is 6.02. The molecular weight excluding hydrogens is 120 g/mol. The van der Waals surface area contributed by atoms with Gasteiger partial charge < -0.3 is 0 Å². The van der Waals surface area contributed by atoms with Gasteiger partial charge in [-0.15, -0.1) is 0 Å². The lowest BCUT2D eigenvalue weighted by atomic mass is 10.2. The molecule has 0 heteroatoms. The van der Waals surface area contributed by atoms with Crippen LogP contribution in [-0.2, 0) is 0 Å². The van der Waals surface area contributed by atoms with Crippen LogP contribution in [0.25, 0.3) is 0 Å². The fourth-order valence-corrected chi connectivity index (χ4v) is 0.661. The van der Waals surface area contributed by atoms with Crippen molar-refractivity contribution < 1.29 is 0 Å². The normalized spacial score (nSPS) is 8.10. The van der Waals surface area contributed by atoms with Gasteiger partial charge in [0.1, 0.15) is 0 Å². The van der Waals surface area contributed by atoms with Crippen molar-refractivity contribution in [1.29, 1.82) is 0 Å². The maximum absolute atomic E-state index is 3.02. The van der Waals surface area contributed by atoms with Crippen molar-refractivity contribution in [2.24, 2.45) is 0 Å². The predicted octanol–water partition coefficient (Wildman–Crippen LogP) is 2.25. The summed E-state index contributed by atoms with van der Waals surface area (Å²) in [6.07, 6.45) is 0.915. The average Bonchev–Trinajstić information content (AvgIpc) is 2.03. The summed E-state index contributed by atoms with van der Waals surface area (Å²) in [5, 5.41) is 0. The summed E-state index contributed by atoms with van der Waals surface area (Å²) in [6, 6.07) is 10.6. The first-order valence-corrected chi connectivity index (χ1v) is 3.38. The summed E-state index contributed by atoms with van der Waals surface area (Å²) >= 11 is 0. The molecule has 0 aliphatic heterocycles. The molecule has 1 radical (unpaired) electrons. The highest BCUT2D eigenvalue weighted by molar-refractivity contribution is 5.32. The third-order valence-corrected chi connectivity index (χ3v) is 1.13. The maximum atomic E-state index is 3.02. The molecule has 0 N–H and O–H groups in total. The second-order valence-electron chi connectivity index (χ2n) is 1.94. The van der Waals surface area contributed by atoms with Crippen LogP contribution in [0, 0.1) is 17.9 Å². The van der Waals surface area contributed by atoms with Crippen LogP contribution in [0.2, 0.25) is 0 Å². The van der Waals surface area contributed by atoms with Gasteiger partial charge in [0, 0.05) is 12.0 Å². The van der Waals surface area contributed by atoms with Crippen LogP contribution in [0.1, 0.15) is 18.9 Å². The molecule has 0 aromatic heterocycles. The monoisotopic (exact) mass is 129 g/mol. The van der Waals surface area contributed by atoms with E-state index in [1.807, 2.05) is 31.2 Å². The molecule has 49 valence electrons. The minimum Gasteiger partial charge on any atom is -0.0982 e. The number of rotatable bonds is 0. The van der Waals surface area contributed by atoms with Crippen molar-refractivity contribution in [2.45, 2.75) is 13.3 Å². The Morgan fingerprint density at radius 1 is 1.40 bits per heavy atom. The van der Waals surface area contributed by atoms with Crippen molar-refractivity contribution >= 4 is 0 Å². The van der Waals surface area contributed by atoms with Crippen LogP contribution in [-0.4, -0.2) is 0 Å². The second kappa shape index (κ2) is 3.74. The van der Waals surface area contributed by atoms with Gasteiger partial charge in [0.25, 0.3) is 0 Å². The molecule has 0 atom stereocenters. The minimum absolute atomic E-state index is 0.915. The Kier molecular flexibility index (Phi) is 2.58. The highest BCUT2D eigenvalue weighted by Crippen LogP contribution is 1.93. The first-order chi connectivity index (χ1) is 4.93. The van der Waals surface area contributed by atoms with Crippen LogP contribution in [0.4, 0.5) is 0 Å². The lowest BCUT2D eigenvalue weighted by molar-refractivity contribution is 1.28. The van der Waals surface area contributed by atoms with Gasteiger partial charge in [-0.05, 0) is 18.2 Å². The van der Waals surface area contributed by atoms with E-state index in [9.17, 15) is 0 Å². The standard InChI is InChI=1S/C10H9/c1-2-3-7-10-8-5-4-6-9-10/h5-6,8-9H,2H2,1H3. The van der Waals surface area contributed by atoms with Gasteiger partial charge in [0.05, 0.1) is 0 Å². The molecule has 10 heavy (non-hydrogen) atoms. The smallest absolute Gasteiger partial charge is 0.0245 e. The molecule has 0 unspecified atom stereocenters. The SMILES string of the molecule is CCC#Cc1cc[c]cc1. The van der Waals surface area contributed by atoms with Gasteiger partial charge in [-0.1, -0.05) is 30.9 Å². The fraction of sp³-hybridized carbons (Fsp3) is 0.200. The van der Waals surface area contributed by atoms with Crippen LogP contribution in [0.5, 0.6) is 0 Å². The van der Waals surface area contributed by atoms with Crippen molar-refractivity contribution in [3.05, 3.63) is 35.9 Å². The Morgan fingerprint density at radius 2 is 2.10 bits per heavy atom. The van der Waals surface area contributed by atoms with E-state index in [1.54, 1.807) is 0 Å². The van der Waals surface area contributed by atoms with Crippen molar-refractivity contribution in [3.63, 3.8) is 0 Å². The molecule has 0 fully saturated rings. The predicted molar refractivity (Wildman–Crippen MR) is 42.4 cm³/mol. The Labute approximate surface area is 61.9 Å². The summed E-state index contributed by atoms with van der Waals surface area (Å²) in [5.41, 5.74) is 1.07. The van der Waals surface area contributed by atoms with E-state index < -0.39 is 0 Å². The van der Waals surface area contributed by atoms with E-state index in [4.69, 9.17) is 0 Å². The van der Waals surface area contributed by atoms with Gasteiger partial charge >= 0.3 is 0 Å². The van der Waals surface area contributed by atoms with E-state index >= 15 is 0 Å². The third kappa shape index (κ3) is 1.95. The first kappa shape index (κ1) is 6.89. The quantitative estimate of drug-likeness (QED) is 0.471. The summed E-state index contributed by atoms with van der Waals surface area (Å²) < 4.78 is 0. The Hall–Kier alpha value is -1.22. The molecule has 0 spiro atoms. The highest BCUT2D eigenvalue weighted by Gasteiger charge is 1.78. The zero-order valence-corrected chi connectivity index (χ0v) is 6.02. The topological polar surface area (TPSA) is 0 Å². The van der Waals surface area contributed by atoms with Crippen molar-refractivity contribution in [1.82, 2.24) is 0 Å². The molecule has 1 aromatic carbocycles. The van der Waals surface area contributed by atoms with E-state index in [0.717, 1.165) is 12.0 Å². The van der Waals surface area contributed by atoms with E-state index in [0.29, 0.717) is 0 Å². The highest BCUT2D eigenvalue weighted by atomic mass is 13.8. The molecule has 0 aliphatic rings. The molecule has 0 nitrogen and oxygen atoms in total. The fourth-order valence-electron chi connectivity index (χ4n) is 0.661. The lowest BCUT2D eigenvalue weighted by Crippen LogP contribution is -1.69. The van der Waals surface area contributed by atoms with E-state index in [1.165, 1.54) is 0 Å². The van der Waals surface area contributed by atoms with E-state index in [-0.39, 0.29) is 0 Å². The van der Waals surface area contributed by atoms with Gasteiger partial charge in [0.2, 0.25) is 0 Å². The maximum Gasteiger partial charge on any atom is 0.0245 e. The molecule has 0 saturated carbocycles. The van der Waals surface area contributed by atoms with Crippen LogP contribution >= 0.6 is 0 Å². The molecule has 0 aliphatic carbocycles. The van der Waals surface area contributed by atoms with Gasteiger partial charge in [-0.2, -0.15) is 0 Å². The summed E-state index contributed by atoms with van der Waals surface area (Å²) in [4.78, 5) is 0. The Morgan fingerprint density at radius 3 is 2.70 bits per heavy atom. The number of hydrogen-bond acceptors (Lipinski definition) is 0. The second-order valence-corrected chi connectivity index (χ2v) is 1.94. The Bertz CT molecular complexity index is 236. The minimum atomic E-state index is 0.915. The third-order valence-electron chi connectivity index (χ3n) is 1.13. The summed E-state index contributed by atoms with van der Waals surface area (Å²) in [6.45, 7) is 2.04. The molecule has 0 amide bonds. The molecular formula is C10H9. The van der Waals surface area contributed by atoms with Crippen LogP contribution < -0.4 is 0 Å². The van der Waals surface area contributed by atoms with Gasteiger partial charge in [-0.25, -0.2) is 0 Å². The van der Waals surface area contributed by atoms with Crippen LogP contribution in [0.15, 0.2) is 24.3 Å². The molecule has 1 aromatic rings. The number of hydrogen-bond donors (Lipinski definition) is 0. The zero-order valence-electron chi connectivity index (χ0n) is 6.02. The summed E-state index contributed by atoms with van der Waals surface area (Å²) in [7, 11) is 0. The van der Waals surface area contributed by atoms with Gasteiger partial charge in [0.15, 0.2) is 0 Å². The van der Waals surface area contributed by atoms with Crippen LogP contribution in [0.3, 0.4) is 0 Å². The lowest BCUT2D eigenvalue weighted by Gasteiger charge is -1.83. The molecule has 0 saturated heterocycles. The average molecular weight is 129 g/mol. The first-order valence-electron chi connectivity index (χ1n) is 3.38. The largest absolute Gasteiger partial charge is 0.0982 e. The molecule has 0 bridgehead atoms. The van der Waals surface area contributed by atoms with E-state index in [2.05, 4.69) is 17.9 Å². The zero-order chi connectivity index (χ0) is 7.23. The molecule has 0 heterocycles. The van der Waals surface area contributed by atoms with Crippen molar-refractivity contribution in [3.8, 4) is 11.8 Å². The van der Waals surface area contributed by atoms with Gasteiger partial charge in [-0.3, -0.25) is 0 Å². The number of benzene rings is 1. The van der Waals surface area contributed by atoms with Crippen molar-refractivity contribution in [2.75, 3.05) is 0 Å². The molecule has 1 rings (SSSR count). The Balaban J connectivity index is 2.76.